The highest BCUT2D eigenvalue weighted by molar-refractivity contribution is 6.30. The minimum Gasteiger partial charge on any atom is -0.258 e. The topological polar surface area (TPSA) is 56.0 Å². The van der Waals surface area contributed by atoms with Crippen LogP contribution in [0.4, 0.5) is 5.69 Å². The lowest BCUT2D eigenvalue weighted by Gasteiger charge is -2.04. The lowest BCUT2D eigenvalue weighted by Crippen LogP contribution is -1.92. The molecular formula is C15H9ClN2O2. The van der Waals surface area contributed by atoms with Gasteiger partial charge in [-0.15, -0.1) is 0 Å². The number of hydrogen-bond acceptors (Lipinski definition) is 3. The largest absolute Gasteiger partial charge is 0.277 e. The van der Waals surface area contributed by atoms with Gasteiger partial charge in [0.2, 0.25) is 0 Å². The maximum absolute atomic E-state index is 11.2. The Morgan fingerprint density at radius 2 is 1.65 bits per heavy atom. The van der Waals surface area contributed by atoms with E-state index < -0.39 is 4.92 Å². The molecule has 20 heavy (non-hydrogen) atoms. The highest BCUT2D eigenvalue weighted by atomic mass is 35.5. The number of nitro benzene ring substituents is 1. The van der Waals surface area contributed by atoms with Gasteiger partial charge < -0.3 is 0 Å². The van der Waals surface area contributed by atoms with E-state index in [0.29, 0.717) is 22.0 Å². The molecule has 0 amide bonds. The number of fused-ring (bicyclic) bond motifs is 1. The number of hydrogen-bond donors (Lipinski definition) is 0. The van der Waals surface area contributed by atoms with Crippen molar-refractivity contribution >= 4 is 17.3 Å². The summed E-state index contributed by atoms with van der Waals surface area (Å²) in [4.78, 5) is 15.1. The zero-order valence-electron chi connectivity index (χ0n) is 10.3. The summed E-state index contributed by atoms with van der Waals surface area (Å²) in [6.07, 6.45) is 0. The molecule has 0 saturated heterocycles. The minimum atomic E-state index is -0.390. The first-order valence-corrected chi connectivity index (χ1v) is 6.33. The van der Waals surface area contributed by atoms with Crippen LogP contribution in [0, 0.1) is 10.1 Å². The maximum Gasteiger partial charge on any atom is 0.277 e. The van der Waals surface area contributed by atoms with Crippen LogP contribution >= 0.6 is 11.6 Å². The Morgan fingerprint density at radius 3 is 2.40 bits per heavy atom. The number of para-hydroxylation sites is 1. The van der Waals surface area contributed by atoms with Crippen LogP contribution in [0.5, 0.6) is 0 Å². The van der Waals surface area contributed by atoms with Crippen LogP contribution < -0.4 is 0 Å². The number of rotatable bonds is 2. The van der Waals surface area contributed by atoms with Crippen molar-refractivity contribution in [3.05, 3.63) is 69.9 Å². The predicted octanol–water partition coefficient (Wildman–Crippen LogP) is 4.42. The Labute approximate surface area is 120 Å². The molecule has 4 nitrogen and oxygen atoms in total. The Morgan fingerprint density at radius 1 is 1.00 bits per heavy atom. The predicted molar refractivity (Wildman–Crippen MR) is 78.0 cm³/mol. The Bertz CT molecular complexity index is 774. The van der Waals surface area contributed by atoms with E-state index in [9.17, 15) is 10.1 Å². The van der Waals surface area contributed by atoms with E-state index in [2.05, 4.69) is 4.98 Å². The summed E-state index contributed by atoms with van der Waals surface area (Å²) < 4.78 is 0. The van der Waals surface area contributed by atoms with Gasteiger partial charge in [-0.05, 0) is 12.1 Å². The van der Waals surface area contributed by atoms with Crippen molar-refractivity contribution in [2.24, 2.45) is 0 Å². The van der Waals surface area contributed by atoms with Crippen LogP contribution in [0.3, 0.4) is 0 Å². The van der Waals surface area contributed by atoms with E-state index in [0.717, 1.165) is 5.56 Å². The zero-order chi connectivity index (χ0) is 14.1. The highest BCUT2D eigenvalue weighted by Crippen LogP contribution is 2.37. The number of benzene rings is 1. The van der Waals surface area contributed by atoms with Gasteiger partial charge in [-0.3, -0.25) is 10.1 Å². The quantitative estimate of drug-likeness (QED) is 0.517. The normalized spacial score (nSPS) is 10.7. The minimum absolute atomic E-state index is 0.0547. The van der Waals surface area contributed by atoms with Crippen LogP contribution in [0.15, 0.2) is 54.6 Å². The van der Waals surface area contributed by atoms with E-state index in [1.807, 2.05) is 24.3 Å². The van der Waals surface area contributed by atoms with E-state index in [1.165, 1.54) is 6.07 Å². The number of nitrogens with zero attached hydrogens (tertiary/aromatic N) is 2. The lowest BCUT2D eigenvalue weighted by atomic mass is 10.0. The monoisotopic (exact) mass is 284 g/mol. The van der Waals surface area contributed by atoms with Gasteiger partial charge >= 0.3 is 0 Å². The molecule has 0 fully saturated rings. The molecule has 0 saturated carbocycles. The Kier molecular flexibility index (Phi) is 3.08. The Hall–Kier alpha value is -2.46. The summed E-state index contributed by atoms with van der Waals surface area (Å²) >= 11 is 5.94. The van der Waals surface area contributed by atoms with Crippen LogP contribution in [0.2, 0.25) is 5.15 Å². The van der Waals surface area contributed by atoms with Gasteiger partial charge in [0.15, 0.2) is 0 Å². The standard InChI is InChI=1S/C15H9ClN2O2/c16-14-9-10-5-1-2-7-12(15(10)17-14)11-6-3-4-8-13(11)18(19)20/h1-9H. The molecule has 3 rings (SSSR count). The van der Waals surface area contributed by atoms with Gasteiger partial charge in [-0.25, -0.2) is 4.98 Å². The first-order valence-electron chi connectivity index (χ1n) is 5.96. The number of aromatic nitrogens is 1. The van der Waals surface area contributed by atoms with Crippen molar-refractivity contribution in [2.45, 2.75) is 0 Å². The summed E-state index contributed by atoms with van der Waals surface area (Å²) in [6, 6.07) is 15.8. The molecule has 0 atom stereocenters. The second-order valence-electron chi connectivity index (χ2n) is 4.29. The van der Waals surface area contributed by atoms with E-state index >= 15 is 0 Å². The summed E-state index contributed by atoms with van der Waals surface area (Å²) in [5.41, 5.74) is 2.80. The first-order chi connectivity index (χ1) is 9.66. The molecule has 0 spiro atoms. The smallest absolute Gasteiger partial charge is 0.258 e. The van der Waals surface area contributed by atoms with E-state index in [4.69, 9.17) is 11.6 Å². The number of halogens is 1. The zero-order valence-corrected chi connectivity index (χ0v) is 11.0. The molecule has 2 aliphatic rings. The van der Waals surface area contributed by atoms with Crippen molar-refractivity contribution < 1.29 is 4.92 Å². The fraction of sp³-hybridized carbons (Fsp3) is 0. The molecule has 0 bridgehead atoms. The van der Waals surface area contributed by atoms with E-state index in [1.54, 1.807) is 24.3 Å². The van der Waals surface area contributed by atoms with Gasteiger partial charge in [-0.2, -0.15) is 0 Å². The molecule has 5 heteroatoms. The summed E-state index contributed by atoms with van der Waals surface area (Å²) in [5.74, 6) is 0. The molecule has 0 radical (unpaired) electrons. The third-order valence-electron chi connectivity index (χ3n) is 3.06. The van der Waals surface area contributed by atoms with Crippen LogP contribution in [-0.2, 0) is 0 Å². The van der Waals surface area contributed by atoms with Gasteiger partial charge in [0, 0.05) is 17.2 Å². The van der Waals surface area contributed by atoms with Crippen molar-refractivity contribution in [3.63, 3.8) is 0 Å². The molecule has 0 unspecified atom stereocenters. The third kappa shape index (κ3) is 2.10. The van der Waals surface area contributed by atoms with Crippen LogP contribution in [0.1, 0.15) is 0 Å². The average molecular weight is 285 g/mol. The third-order valence-corrected chi connectivity index (χ3v) is 3.26. The van der Waals surface area contributed by atoms with Crippen molar-refractivity contribution in [2.75, 3.05) is 0 Å². The van der Waals surface area contributed by atoms with Crippen LogP contribution in [0.25, 0.3) is 22.4 Å². The van der Waals surface area contributed by atoms with Crippen molar-refractivity contribution in [1.29, 1.82) is 0 Å². The van der Waals surface area contributed by atoms with Gasteiger partial charge in [0.1, 0.15) is 5.15 Å². The van der Waals surface area contributed by atoms with Crippen molar-refractivity contribution in [1.82, 2.24) is 4.98 Å². The van der Waals surface area contributed by atoms with E-state index in [-0.39, 0.29) is 5.69 Å². The average Bonchev–Trinajstić information content (AvgIpc) is 2.69. The lowest BCUT2D eigenvalue weighted by molar-refractivity contribution is -0.384. The summed E-state index contributed by atoms with van der Waals surface area (Å²) in [7, 11) is 0. The number of nitro groups is 1. The second kappa shape index (κ2) is 4.90. The molecular weight excluding hydrogens is 276 g/mol. The second-order valence-corrected chi connectivity index (χ2v) is 4.68. The SMILES string of the molecule is O=[N+]([O-])c1ccccc1-c1ccccc2cc(Cl)nc1-2. The first kappa shape index (κ1) is 12.6. The molecule has 98 valence electrons. The molecule has 1 aliphatic heterocycles. The molecule has 0 aromatic heterocycles. The van der Waals surface area contributed by atoms with Crippen molar-refractivity contribution in [3.8, 4) is 22.4 Å². The molecule has 0 N–H and O–H groups in total. The van der Waals surface area contributed by atoms with Crippen LogP contribution in [-0.4, -0.2) is 9.91 Å². The molecule has 1 aromatic carbocycles. The molecule has 1 aliphatic carbocycles. The van der Waals surface area contributed by atoms with Gasteiger partial charge in [-0.1, -0.05) is 48.0 Å². The molecule has 1 aromatic rings. The fourth-order valence-corrected chi connectivity index (χ4v) is 2.41. The van der Waals surface area contributed by atoms with Gasteiger partial charge in [0.05, 0.1) is 16.2 Å². The Balaban J connectivity index is 2.32. The highest BCUT2D eigenvalue weighted by Gasteiger charge is 2.19. The summed E-state index contributed by atoms with van der Waals surface area (Å²) in [6.45, 7) is 0. The van der Waals surface area contributed by atoms with Gasteiger partial charge in [0.25, 0.3) is 5.69 Å². The fourth-order valence-electron chi connectivity index (χ4n) is 2.21. The molecule has 1 heterocycles. The summed E-state index contributed by atoms with van der Waals surface area (Å²) in [5, 5.41) is 11.6. The maximum atomic E-state index is 11.2.